The Balaban J connectivity index is 2.70. The number of carbonyl (C=O) groups is 2. The molecule has 0 spiro atoms. The van der Waals surface area contributed by atoms with Crippen LogP contribution in [0.5, 0.6) is 0 Å². The Morgan fingerprint density at radius 2 is 2.21 bits per heavy atom. The summed E-state index contributed by atoms with van der Waals surface area (Å²) >= 11 is 0. The Bertz CT molecular complexity index is 502. The van der Waals surface area contributed by atoms with Crippen molar-refractivity contribution < 1.29 is 14.5 Å². The molecule has 0 aromatic carbocycles. The molecule has 1 aromatic rings. The third-order valence-electron chi connectivity index (χ3n) is 2.68. The Labute approximate surface area is 110 Å². The summed E-state index contributed by atoms with van der Waals surface area (Å²) in [5.74, 6) is -1.29. The summed E-state index contributed by atoms with van der Waals surface area (Å²) in [5, 5.41) is 12.7. The Hall–Kier alpha value is -2.31. The number of hydrogen-bond donors (Lipinski definition) is 1. The number of rotatable bonds is 5. The molecule has 7 nitrogen and oxygen atoms in total. The molecule has 2 amide bonds. The van der Waals surface area contributed by atoms with Gasteiger partial charge >= 0.3 is 5.82 Å². The van der Waals surface area contributed by atoms with E-state index >= 15 is 0 Å². The number of hydrogen-bond acceptors (Lipinski definition) is 5. The molecule has 1 unspecified atom stereocenters. The van der Waals surface area contributed by atoms with Gasteiger partial charge in [0.05, 0.1) is 5.56 Å². The molecule has 0 bridgehead atoms. The first-order valence-corrected chi connectivity index (χ1v) is 5.88. The molecule has 0 radical (unpaired) electrons. The summed E-state index contributed by atoms with van der Waals surface area (Å²) in [5.41, 5.74) is 0.0409. The number of pyridine rings is 1. The van der Waals surface area contributed by atoms with Gasteiger partial charge in [0.1, 0.15) is 6.20 Å². The van der Waals surface area contributed by atoms with Crippen molar-refractivity contribution in [1.82, 2.24) is 10.3 Å². The largest absolute Gasteiger partial charge is 0.364 e. The molecule has 0 saturated carbocycles. The second-order valence-corrected chi connectivity index (χ2v) is 4.25. The molecular formula is C12H15N3O4. The predicted octanol–water partition coefficient (Wildman–Crippen LogP) is 1.68. The number of nitro groups is 1. The zero-order valence-electron chi connectivity index (χ0n) is 10.8. The van der Waals surface area contributed by atoms with Crippen LogP contribution in [0.15, 0.2) is 18.3 Å². The van der Waals surface area contributed by atoms with E-state index < -0.39 is 16.6 Å². The second-order valence-electron chi connectivity index (χ2n) is 4.25. The first-order chi connectivity index (χ1) is 8.93. The number of carbonyl (C=O) groups excluding carboxylic acids is 2. The number of imide groups is 1. The molecule has 1 rings (SSSR count). The highest BCUT2D eigenvalue weighted by Gasteiger charge is 2.16. The van der Waals surface area contributed by atoms with Crippen LogP contribution in [0.1, 0.15) is 37.0 Å². The fourth-order valence-corrected chi connectivity index (χ4v) is 1.37. The van der Waals surface area contributed by atoms with Crippen molar-refractivity contribution >= 4 is 17.6 Å². The Morgan fingerprint density at radius 3 is 2.79 bits per heavy atom. The molecule has 1 aromatic heterocycles. The van der Waals surface area contributed by atoms with Crippen molar-refractivity contribution in [2.24, 2.45) is 5.92 Å². The monoisotopic (exact) mass is 265 g/mol. The lowest BCUT2D eigenvalue weighted by atomic mass is 10.1. The molecular weight excluding hydrogens is 250 g/mol. The van der Waals surface area contributed by atoms with Crippen molar-refractivity contribution in [2.45, 2.75) is 26.7 Å². The third-order valence-corrected chi connectivity index (χ3v) is 2.68. The van der Waals surface area contributed by atoms with Crippen LogP contribution in [0, 0.1) is 16.0 Å². The van der Waals surface area contributed by atoms with E-state index in [2.05, 4.69) is 10.3 Å². The third kappa shape index (κ3) is 4.46. The highest BCUT2D eigenvalue weighted by molar-refractivity contribution is 6.04. The van der Waals surface area contributed by atoms with E-state index in [0.29, 0.717) is 0 Å². The molecule has 102 valence electrons. The highest BCUT2D eigenvalue weighted by Crippen LogP contribution is 2.10. The summed E-state index contributed by atoms with van der Waals surface area (Å²) in [6, 6.07) is 2.35. The summed E-state index contributed by atoms with van der Waals surface area (Å²) < 4.78 is 0. The van der Waals surface area contributed by atoms with E-state index in [1.807, 2.05) is 13.8 Å². The van der Waals surface area contributed by atoms with Crippen molar-refractivity contribution in [3.05, 3.63) is 34.0 Å². The molecule has 1 N–H and O–H groups in total. The Morgan fingerprint density at radius 1 is 1.53 bits per heavy atom. The van der Waals surface area contributed by atoms with Crippen molar-refractivity contribution in [3.8, 4) is 0 Å². The van der Waals surface area contributed by atoms with Gasteiger partial charge in [0.25, 0.3) is 5.91 Å². The summed E-state index contributed by atoms with van der Waals surface area (Å²) in [6.07, 6.45) is 2.24. The summed E-state index contributed by atoms with van der Waals surface area (Å²) in [4.78, 5) is 36.6. The SMILES string of the molecule is CCC(C)CC(=O)NC(=O)c1ccnc([N+](=O)[O-])c1. The average Bonchev–Trinajstić information content (AvgIpc) is 2.38. The number of nitrogens with one attached hydrogen (secondary N) is 1. The molecule has 1 heterocycles. The van der Waals surface area contributed by atoms with E-state index in [9.17, 15) is 19.7 Å². The van der Waals surface area contributed by atoms with E-state index in [1.165, 1.54) is 6.07 Å². The standard InChI is InChI=1S/C12H15N3O4/c1-3-8(2)6-11(16)14-12(17)9-4-5-13-10(7-9)15(18)19/h4-5,7-8H,3,6H2,1-2H3,(H,14,16,17). The van der Waals surface area contributed by atoms with Crippen LogP contribution in [0.3, 0.4) is 0 Å². The maximum absolute atomic E-state index is 11.7. The number of nitrogens with zero attached hydrogens (tertiary/aromatic N) is 2. The van der Waals surface area contributed by atoms with Crippen molar-refractivity contribution in [2.75, 3.05) is 0 Å². The van der Waals surface area contributed by atoms with Gasteiger partial charge in [0, 0.05) is 12.5 Å². The van der Waals surface area contributed by atoms with Gasteiger partial charge < -0.3 is 10.1 Å². The van der Waals surface area contributed by atoms with Gasteiger partial charge in [-0.2, -0.15) is 0 Å². The fraction of sp³-hybridized carbons (Fsp3) is 0.417. The van der Waals surface area contributed by atoms with Crippen LogP contribution in [-0.4, -0.2) is 21.7 Å². The average molecular weight is 265 g/mol. The van der Waals surface area contributed by atoms with Gasteiger partial charge in [0.15, 0.2) is 0 Å². The van der Waals surface area contributed by atoms with Gasteiger partial charge in [-0.1, -0.05) is 20.3 Å². The van der Waals surface area contributed by atoms with Crippen LogP contribution >= 0.6 is 0 Å². The minimum Gasteiger partial charge on any atom is -0.358 e. The first kappa shape index (κ1) is 14.7. The van der Waals surface area contributed by atoms with Gasteiger partial charge in [-0.05, 0) is 21.9 Å². The molecule has 19 heavy (non-hydrogen) atoms. The zero-order chi connectivity index (χ0) is 14.4. The van der Waals surface area contributed by atoms with E-state index in [1.54, 1.807) is 0 Å². The second kappa shape index (κ2) is 6.58. The van der Waals surface area contributed by atoms with E-state index in [4.69, 9.17) is 0 Å². The quantitative estimate of drug-likeness (QED) is 0.644. The van der Waals surface area contributed by atoms with Crippen LogP contribution in [-0.2, 0) is 4.79 Å². The summed E-state index contributed by atoms with van der Waals surface area (Å²) in [7, 11) is 0. The minimum atomic E-state index is -0.697. The lowest BCUT2D eigenvalue weighted by molar-refractivity contribution is -0.389. The van der Waals surface area contributed by atoms with Crippen LogP contribution in [0.4, 0.5) is 5.82 Å². The van der Waals surface area contributed by atoms with Gasteiger partial charge in [-0.3, -0.25) is 14.9 Å². The molecule has 0 aliphatic carbocycles. The predicted molar refractivity (Wildman–Crippen MR) is 67.4 cm³/mol. The van der Waals surface area contributed by atoms with E-state index in [0.717, 1.165) is 18.7 Å². The zero-order valence-corrected chi connectivity index (χ0v) is 10.8. The minimum absolute atomic E-state index is 0.0409. The Kier molecular flexibility index (Phi) is 5.11. The smallest absolute Gasteiger partial charge is 0.358 e. The van der Waals surface area contributed by atoms with Gasteiger partial charge in [-0.15, -0.1) is 0 Å². The van der Waals surface area contributed by atoms with Crippen LogP contribution in [0.25, 0.3) is 0 Å². The molecule has 0 aliphatic rings. The number of amides is 2. The van der Waals surface area contributed by atoms with Gasteiger partial charge in [-0.25, -0.2) is 0 Å². The summed E-state index contributed by atoms with van der Waals surface area (Å²) in [6.45, 7) is 3.85. The topological polar surface area (TPSA) is 102 Å². The number of aromatic nitrogens is 1. The van der Waals surface area contributed by atoms with Crippen LogP contribution < -0.4 is 5.32 Å². The van der Waals surface area contributed by atoms with Crippen molar-refractivity contribution in [3.63, 3.8) is 0 Å². The normalized spacial score (nSPS) is 11.7. The molecule has 0 fully saturated rings. The van der Waals surface area contributed by atoms with Crippen LogP contribution in [0.2, 0.25) is 0 Å². The first-order valence-electron chi connectivity index (χ1n) is 5.88. The fourth-order valence-electron chi connectivity index (χ4n) is 1.37. The maximum Gasteiger partial charge on any atom is 0.364 e. The lowest BCUT2D eigenvalue weighted by Gasteiger charge is -2.08. The molecule has 0 aliphatic heterocycles. The van der Waals surface area contributed by atoms with Crippen molar-refractivity contribution in [1.29, 1.82) is 0 Å². The molecule has 1 atom stereocenters. The molecule has 0 saturated heterocycles. The van der Waals surface area contributed by atoms with E-state index in [-0.39, 0.29) is 23.8 Å². The maximum atomic E-state index is 11.7. The lowest BCUT2D eigenvalue weighted by Crippen LogP contribution is -2.31. The highest BCUT2D eigenvalue weighted by atomic mass is 16.6. The molecule has 7 heteroatoms. The van der Waals surface area contributed by atoms with Gasteiger partial charge in [0.2, 0.25) is 5.91 Å².